The maximum Gasteiger partial charge on any atom is 0.244 e. The first-order valence-corrected chi connectivity index (χ1v) is 9.55. The smallest absolute Gasteiger partial charge is 0.244 e. The van der Waals surface area contributed by atoms with Gasteiger partial charge in [-0.2, -0.15) is 0 Å². The third kappa shape index (κ3) is 7.58. The van der Waals surface area contributed by atoms with Gasteiger partial charge in [-0.15, -0.1) is 0 Å². The summed E-state index contributed by atoms with van der Waals surface area (Å²) in [6.07, 6.45) is 3.10. The van der Waals surface area contributed by atoms with Gasteiger partial charge in [0.05, 0.1) is 5.75 Å². The van der Waals surface area contributed by atoms with Crippen LogP contribution in [0, 0.1) is 0 Å². The van der Waals surface area contributed by atoms with Gasteiger partial charge in [0.15, 0.2) is 0 Å². The highest BCUT2D eigenvalue weighted by molar-refractivity contribution is 7.89. The minimum absolute atomic E-state index is 0.0177. The van der Waals surface area contributed by atoms with Crippen molar-refractivity contribution in [2.24, 2.45) is 0 Å². The van der Waals surface area contributed by atoms with Crippen LogP contribution in [0.1, 0.15) is 38.2 Å². The second kappa shape index (κ2) is 10.4. The molecular weight excluding hydrogens is 316 g/mol. The fraction of sp³-hybridized carbons (Fsp3) is 0.562. The molecule has 23 heavy (non-hydrogen) atoms. The van der Waals surface area contributed by atoms with Gasteiger partial charge >= 0.3 is 0 Å². The van der Waals surface area contributed by atoms with E-state index in [-0.39, 0.29) is 18.7 Å². The van der Waals surface area contributed by atoms with Crippen LogP contribution in [0.3, 0.4) is 0 Å². The predicted octanol–water partition coefficient (Wildman–Crippen LogP) is 1.95. The fourth-order valence-electron chi connectivity index (χ4n) is 2.23. The Labute approximate surface area is 138 Å². The molecule has 1 aromatic carbocycles. The average Bonchev–Trinajstić information content (AvgIpc) is 2.56. The quantitative estimate of drug-likeness (QED) is 0.365. The Morgan fingerprint density at radius 1 is 1.17 bits per heavy atom. The number of benzene rings is 1. The highest BCUT2D eigenvalue weighted by atomic mass is 32.2. The SMILES string of the molecule is CCCCCN(CCC(=O)NO)S(=O)(=O)CCc1ccccc1. The third-order valence-corrected chi connectivity index (χ3v) is 5.48. The minimum Gasteiger partial charge on any atom is -0.289 e. The molecule has 0 unspecified atom stereocenters. The number of hydroxylamine groups is 1. The molecule has 7 heteroatoms. The third-order valence-electron chi connectivity index (χ3n) is 3.61. The van der Waals surface area contributed by atoms with E-state index in [0.29, 0.717) is 13.0 Å². The molecule has 0 aliphatic heterocycles. The molecule has 0 aromatic heterocycles. The summed E-state index contributed by atoms with van der Waals surface area (Å²) < 4.78 is 26.4. The Bertz CT molecular complexity index is 561. The number of rotatable bonds is 11. The van der Waals surface area contributed by atoms with Gasteiger partial charge in [0.1, 0.15) is 0 Å². The first-order chi connectivity index (χ1) is 11.0. The molecule has 1 rings (SSSR count). The van der Waals surface area contributed by atoms with Crippen LogP contribution in [0.2, 0.25) is 0 Å². The zero-order valence-electron chi connectivity index (χ0n) is 13.6. The van der Waals surface area contributed by atoms with E-state index in [1.807, 2.05) is 37.3 Å². The van der Waals surface area contributed by atoms with Gasteiger partial charge in [0, 0.05) is 19.5 Å². The Balaban J connectivity index is 2.66. The summed E-state index contributed by atoms with van der Waals surface area (Å²) in [6, 6.07) is 9.45. The number of carbonyl (C=O) groups excluding carboxylic acids is 1. The van der Waals surface area contributed by atoms with E-state index >= 15 is 0 Å². The number of hydrogen-bond donors (Lipinski definition) is 2. The number of hydrogen-bond acceptors (Lipinski definition) is 4. The minimum atomic E-state index is -3.43. The molecule has 0 saturated carbocycles. The van der Waals surface area contributed by atoms with Crippen molar-refractivity contribution >= 4 is 15.9 Å². The second-order valence-electron chi connectivity index (χ2n) is 5.44. The van der Waals surface area contributed by atoms with Gasteiger partial charge in [-0.05, 0) is 18.4 Å². The van der Waals surface area contributed by atoms with Crippen molar-refractivity contribution in [2.75, 3.05) is 18.8 Å². The van der Waals surface area contributed by atoms with Gasteiger partial charge in [0.25, 0.3) is 0 Å². The standard InChI is InChI=1S/C16H26N2O4S/c1-2-3-7-12-18(13-10-16(19)17-20)23(21,22)14-11-15-8-5-4-6-9-15/h4-6,8-9,20H,2-3,7,10-14H2,1H3,(H,17,19). The summed E-state index contributed by atoms with van der Waals surface area (Å²) in [6.45, 7) is 2.55. The molecule has 0 saturated heterocycles. The van der Waals surface area contributed by atoms with Crippen LogP contribution in [-0.2, 0) is 21.2 Å². The van der Waals surface area contributed by atoms with Crippen molar-refractivity contribution in [3.05, 3.63) is 35.9 Å². The molecule has 0 radical (unpaired) electrons. The summed E-state index contributed by atoms with van der Waals surface area (Å²) in [5, 5.41) is 8.55. The highest BCUT2D eigenvalue weighted by Gasteiger charge is 2.22. The van der Waals surface area contributed by atoms with Crippen LogP contribution >= 0.6 is 0 Å². The van der Waals surface area contributed by atoms with Crippen LogP contribution in [0.25, 0.3) is 0 Å². The van der Waals surface area contributed by atoms with Crippen LogP contribution in [-0.4, -0.2) is 42.7 Å². The number of unbranched alkanes of at least 4 members (excludes halogenated alkanes) is 2. The average molecular weight is 342 g/mol. The van der Waals surface area contributed by atoms with Crippen molar-refractivity contribution in [3.63, 3.8) is 0 Å². The Hall–Kier alpha value is -1.44. The van der Waals surface area contributed by atoms with E-state index in [9.17, 15) is 13.2 Å². The second-order valence-corrected chi connectivity index (χ2v) is 7.53. The summed E-state index contributed by atoms with van der Waals surface area (Å²) in [7, 11) is -3.43. The number of carbonyl (C=O) groups is 1. The van der Waals surface area contributed by atoms with Crippen LogP contribution in [0.15, 0.2) is 30.3 Å². The summed E-state index contributed by atoms with van der Waals surface area (Å²) >= 11 is 0. The lowest BCUT2D eigenvalue weighted by atomic mass is 10.2. The Morgan fingerprint density at radius 2 is 1.87 bits per heavy atom. The number of nitrogens with zero attached hydrogens (tertiary/aromatic N) is 1. The molecule has 1 aromatic rings. The van der Waals surface area contributed by atoms with Gasteiger partial charge < -0.3 is 0 Å². The molecule has 0 aliphatic rings. The largest absolute Gasteiger partial charge is 0.289 e. The van der Waals surface area contributed by atoms with E-state index in [1.165, 1.54) is 9.79 Å². The van der Waals surface area contributed by atoms with Crippen molar-refractivity contribution in [1.82, 2.24) is 9.79 Å². The predicted molar refractivity (Wildman–Crippen MR) is 89.6 cm³/mol. The molecule has 0 spiro atoms. The molecule has 130 valence electrons. The molecule has 0 atom stereocenters. The molecule has 0 fully saturated rings. The molecule has 6 nitrogen and oxygen atoms in total. The maximum atomic E-state index is 12.5. The summed E-state index contributed by atoms with van der Waals surface area (Å²) in [4.78, 5) is 11.2. The van der Waals surface area contributed by atoms with E-state index in [4.69, 9.17) is 5.21 Å². The number of sulfonamides is 1. The lowest BCUT2D eigenvalue weighted by Gasteiger charge is -2.21. The zero-order chi connectivity index (χ0) is 17.1. The molecule has 0 heterocycles. The monoisotopic (exact) mass is 342 g/mol. The number of aryl methyl sites for hydroxylation is 1. The molecule has 1 amide bonds. The van der Waals surface area contributed by atoms with Crippen molar-refractivity contribution in [3.8, 4) is 0 Å². The Morgan fingerprint density at radius 3 is 2.48 bits per heavy atom. The highest BCUT2D eigenvalue weighted by Crippen LogP contribution is 2.10. The van der Waals surface area contributed by atoms with E-state index in [1.54, 1.807) is 0 Å². The van der Waals surface area contributed by atoms with E-state index in [2.05, 4.69) is 0 Å². The summed E-state index contributed by atoms with van der Waals surface area (Å²) in [5.41, 5.74) is 2.51. The molecule has 0 bridgehead atoms. The number of nitrogens with one attached hydrogen (secondary N) is 1. The van der Waals surface area contributed by atoms with Crippen molar-refractivity contribution in [1.29, 1.82) is 0 Å². The lowest BCUT2D eigenvalue weighted by molar-refractivity contribution is -0.129. The van der Waals surface area contributed by atoms with Gasteiger partial charge in [-0.1, -0.05) is 50.1 Å². The fourth-order valence-corrected chi connectivity index (χ4v) is 3.76. The maximum absolute atomic E-state index is 12.5. The van der Waals surface area contributed by atoms with Gasteiger partial charge in [-0.3, -0.25) is 10.0 Å². The number of amides is 1. The lowest BCUT2D eigenvalue weighted by Crippen LogP contribution is -2.37. The molecular formula is C16H26N2O4S. The zero-order valence-corrected chi connectivity index (χ0v) is 14.4. The normalized spacial score (nSPS) is 11.6. The first-order valence-electron chi connectivity index (χ1n) is 7.94. The first kappa shape index (κ1) is 19.6. The van der Waals surface area contributed by atoms with Crippen LogP contribution in [0.5, 0.6) is 0 Å². The van der Waals surface area contributed by atoms with Gasteiger partial charge in [-0.25, -0.2) is 18.2 Å². The van der Waals surface area contributed by atoms with E-state index in [0.717, 1.165) is 24.8 Å². The summed E-state index contributed by atoms with van der Waals surface area (Å²) in [5.74, 6) is -0.562. The van der Waals surface area contributed by atoms with Crippen molar-refractivity contribution in [2.45, 2.75) is 39.0 Å². The van der Waals surface area contributed by atoms with Crippen molar-refractivity contribution < 1.29 is 18.4 Å². The van der Waals surface area contributed by atoms with Gasteiger partial charge in [0.2, 0.25) is 15.9 Å². The molecule has 2 N–H and O–H groups in total. The molecule has 0 aliphatic carbocycles. The Kier molecular flexibility index (Phi) is 8.83. The van der Waals surface area contributed by atoms with E-state index < -0.39 is 15.9 Å². The topological polar surface area (TPSA) is 86.7 Å². The van der Waals surface area contributed by atoms with Crippen LogP contribution in [0.4, 0.5) is 0 Å². The van der Waals surface area contributed by atoms with Crippen LogP contribution < -0.4 is 5.48 Å².